The van der Waals surface area contributed by atoms with Gasteiger partial charge in [-0.2, -0.15) is 0 Å². The fraction of sp³-hybridized carbons (Fsp3) is 0.400. The van der Waals surface area contributed by atoms with E-state index in [0.29, 0.717) is 0 Å². The molecule has 3 heterocycles. The molecular weight excluding hydrogens is 326 g/mol. The van der Waals surface area contributed by atoms with Crippen molar-refractivity contribution >= 4 is 0 Å². The lowest BCUT2D eigenvalue weighted by Gasteiger charge is -2.22. The zero-order valence-corrected chi connectivity index (χ0v) is 15.5. The van der Waals surface area contributed by atoms with E-state index in [1.54, 1.807) is 13.3 Å². The molecule has 1 fully saturated rings. The minimum atomic E-state index is 0.246. The van der Waals surface area contributed by atoms with Crippen LogP contribution in [0.25, 0.3) is 5.69 Å². The van der Waals surface area contributed by atoms with Crippen LogP contribution >= 0.6 is 0 Å². The summed E-state index contributed by atoms with van der Waals surface area (Å²) in [6, 6.07) is 8.91. The summed E-state index contributed by atoms with van der Waals surface area (Å²) in [6.07, 6.45) is 6.78. The maximum Gasteiger partial charge on any atom is 0.124 e. The number of rotatable bonds is 5. The SMILES string of the molecule is CO[C@@H]1C[C@@H](c2nc(C)c(C)[nH]2)N(Cc2ccc(-n3ccnc3)cc2)C1. The number of nitrogens with zero attached hydrogens (tertiary/aromatic N) is 4. The van der Waals surface area contributed by atoms with Crippen LogP contribution in [0.1, 0.15) is 35.2 Å². The number of benzene rings is 1. The van der Waals surface area contributed by atoms with Crippen molar-refractivity contribution in [3.8, 4) is 5.69 Å². The van der Waals surface area contributed by atoms with Crippen LogP contribution in [0.3, 0.4) is 0 Å². The molecule has 6 heteroatoms. The number of methoxy groups -OCH3 is 1. The van der Waals surface area contributed by atoms with E-state index in [-0.39, 0.29) is 12.1 Å². The van der Waals surface area contributed by atoms with E-state index in [1.807, 2.05) is 17.1 Å². The molecule has 0 saturated carbocycles. The largest absolute Gasteiger partial charge is 0.380 e. The highest BCUT2D eigenvalue weighted by molar-refractivity contribution is 5.34. The summed E-state index contributed by atoms with van der Waals surface area (Å²) < 4.78 is 7.65. The topological polar surface area (TPSA) is 59.0 Å². The van der Waals surface area contributed by atoms with Gasteiger partial charge in [-0.15, -0.1) is 0 Å². The van der Waals surface area contributed by atoms with Gasteiger partial charge in [-0.3, -0.25) is 4.90 Å². The fourth-order valence-corrected chi connectivity index (χ4v) is 3.64. The summed E-state index contributed by atoms with van der Waals surface area (Å²) in [6.45, 7) is 5.93. The van der Waals surface area contributed by atoms with Gasteiger partial charge in [0.1, 0.15) is 5.82 Å². The smallest absolute Gasteiger partial charge is 0.124 e. The van der Waals surface area contributed by atoms with E-state index in [1.165, 1.54) is 5.56 Å². The first-order valence-corrected chi connectivity index (χ1v) is 9.01. The highest BCUT2D eigenvalue weighted by atomic mass is 16.5. The lowest BCUT2D eigenvalue weighted by Crippen LogP contribution is -2.25. The normalized spacial score (nSPS) is 20.7. The molecule has 0 unspecified atom stereocenters. The molecule has 1 N–H and O–H groups in total. The Labute approximate surface area is 153 Å². The molecule has 0 amide bonds. The molecule has 6 nitrogen and oxygen atoms in total. The van der Waals surface area contributed by atoms with Crippen molar-refractivity contribution in [1.82, 2.24) is 24.4 Å². The third-order valence-corrected chi connectivity index (χ3v) is 5.29. The summed E-state index contributed by atoms with van der Waals surface area (Å²) in [5.74, 6) is 1.05. The van der Waals surface area contributed by atoms with Crippen LogP contribution in [-0.2, 0) is 11.3 Å². The van der Waals surface area contributed by atoms with E-state index in [9.17, 15) is 0 Å². The van der Waals surface area contributed by atoms with Crippen molar-refractivity contribution in [2.75, 3.05) is 13.7 Å². The second kappa shape index (κ2) is 7.05. The molecule has 2 atom stereocenters. The van der Waals surface area contributed by atoms with Gasteiger partial charge in [0.15, 0.2) is 0 Å². The minimum Gasteiger partial charge on any atom is -0.380 e. The van der Waals surface area contributed by atoms with Crippen molar-refractivity contribution < 1.29 is 4.74 Å². The number of ether oxygens (including phenoxy) is 1. The molecule has 0 spiro atoms. The number of aromatic amines is 1. The van der Waals surface area contributed by atoms with Gasteiger partial charge in [0, 0.05) is 44.0 Å². The molecule has 26 heavy (non-hydrogen) atoms. The maximum absolute atomic E-state index is 5.64. The predicted octanol–water partition coefficient (Wildman–Crippen LogP) is 3.17. The molecule has 136 valence electrons. The average Bonchev–Trinajstić information content (AvgIpc) is 3.37. The van der Waals surface area contributed by atoms with E-state index in [0.717, 1.165) is 42.4 Å². The Balaban J connectivity index is 1.53. The number of aryl methyl sites for hydroxylation is 2. The summed E-state index contributed by atoms with van der Waals surface area (Å²) in [5, 5.41) is 0. The van der Waals surface area contributed by atoms with Gasteiger partial charge in [-0.1, -0.05) is 12.1 Å². The Hall–Kier alpha value is -2.44. The Morgan fingerprint density at radius 3 is 2.65 bits per heavy atom. The molecule has 1 saturated heterocycles. The quantitative estimate of drug-likeness (QED) is 0.767. The minimum absolute atomic E-state index is 0.246. The standard InChI is InChI=1S/C20H25N5O/c1-14-15(2)23-20(22-14)19-10-18(26-3)12-25(19)11-16-4-6-17(7-5-16)24-9-8-21-13-24/h4-9,13,18-19H,10-12H2,1-3H3,(H,22,23)/t18-,19+/m1/s1. The molecular formula is C20H25N5O. The van der Waals surface area contributed by atoms with Crippen molar-refractivity contribution in [2.45, 2.75) is 39.0 Å². The van der Waals surface area contributed by atoms with Crippen molar-refractivity contribution in [3.05, 3.63) is 65.8 Å². The van der Waals surface area contributed by atoms with E-state index < -0.39 is 0 Å². The monoisotopic (exact) mass is 351 g/mol. The summed E-state index contributed by atoms with van der Waals surface area (Å²) >= 11 is 0. The molecule has 0 bridgehead atoms. The third kappa shape index (κ3) is 3.30. The second-order valence-electron chi connectivity index (χ2n) is 7.01. The number of hydrogen-bond donors (Lipinski definition) is 1. The van der Waals surface area contributed by atoms with Gasteiger partial charge in [-0.05, 0) is 38.0 Å². The van der Waals surface area contributed by atoms with Crippen molar-refractivity contribution in [3.63, 3.8) is 0 Å². The number of hydrogen-bond acceptors (Lipinski definition) is 4. The van der Waals surface area contributed by atoms with Crippen molar-refractivity contribution in [1.29, 1.82) is 0 Å². The van der Waals surface area contributed by atoms with E-state index in [2.05, 4.69) is 53.0 Å². The molecule has 0 radical (unpaired) electrons. The number of nitrogens with one attached hydrogen (secondary N) is 1. The van der Waals surface area contributed by atoms with Crippen LogP contribution in [0, 0.1) is 13.8 Å². The van der Waals surface area contributed by atoms with Gasteiger partial charge in [0.05, 0.1) is 24.2 Å². The zero-order chi connectivity index (χ0) is 18.1. The maximum atomic E-state index is 5.64. The van der Waals surface area contributed by atoms with Crippen LogP contribution < -0.4 is 0 Å². The Bertz CT molecular complexity index is 833. The van der Waals surface area contributed by atoms with Crippen LogP contribution in [0.5, 0.6) is 0 Å². The number of likely N-dealkylation sites (tertiary alicyclic amines) is 1. The predicted molar refractivity (Wildman–Crippen MR) is 100 cm³/mol. The Morgan fingerprint density at radius 1 is 1.23 bits per heavy atom. The van der Waals surface area contributed by atoms with Crippen LogP contribution in [0.15, 0.2) is 43.0 Å². The first-order chi connectivity index (χ1) is 12.6. The van der Waals surface area contributed by atoms with Crippen LogP contribution in [0.4, 0.5) is 0 Å². The number of imidazole rings is 2. The van der Waals surface area contributed by atoms with Gasteiger partial charge in [0.2, 0.25) is 0 Å². The van der Waals surface area contributed by atoms with Gasteiger partial charge in [0.25, 0.3) is 0 Å². The first-order valence-electron chi connectivity index (χ1n) is 9.01. The van der Waals surface area contributed by atoms with E-state index in [4.69, 9.17) is 9.72 Å². The van der Waals surface area contributed by atoms with Gasteiger partial charge >= 0.3 is 0 Å². The summed E-state index contributed by atoms with van der Waals surface area (Å²) in [4.78, 5) is 14.8. The van der Waals surface area contributed by atoms with E-state index >= 15 is 0 Å². The zero-order valence-electron chi connectivity index (χ0n) is 15.5. The third-order valence-electron chi connectivity index (χ3n) is 5.29. The molecule has 2 aromatic heterocycles. The Morgan fingerprint density at radius 2 is 2.04 bits per heavy atom. The highest BCUT2D eigenvalue weighted by Crippen LogP contribution is 2.33. The van der Waals surface area contributed by atoms with Gasteiger partial charge < -0.3 is 14.3 Å². The molecule has 1 aliphatic heterocycles. The lowest BCUT2D eigenvalue weighted by atomic mass is 10.1. The second-order valence-corrected chi connectivity index (χ2v) is 7.01. The molecule has 0 aliphatic carbocycles. The Kier molecular flexibility index (Phi) is 4.61. The number of aromatic nitrogens is 4. The average molecular weight is 351 g/mol. The molecule has 4 rings (SSSR count). The first kappa shape index (κ1) is 17.0. The van der Waals surface area contributed by atoms with Crippen molar-refractivity contribution in [2.24, 2.45) is 0 Å². The summed E-state index contributed by atoms with van der Waals surface area (Å²) in [7, 11) is 1.80. The molecule has 1 aromatic carbocycles. The summed E-state index contributed by atoms with van der Waals surface area (Å²) in [5.41, 5.74) is 4.63. The fourth-order valence-electron chi connectivity index (χ4n) is 3.64. The van der Waals surface area contributed by atoms with Crippen LogP contribution in [0.2, 0.25) is 0 Å². The molecule has 3 aromatic rings. The lowest BCUT2D eigenvalue weighted by molar-refractivity contribution is 0.107. The molecule has 1 aliphatic rings. The number of H-pyrrole nitrogens is 1. The van der Waals surface area contributed by atoms with Gasteiger partial charge in [-0.25, -0.2) is 9.97 Å². The van der Waals surface area contributed by atoms with Crippen LogP contribution in [-0.4, -0.2) is 44.2 Å². The highest BCUT2D eigenvalue weighted by Gasteiger charge is 2.35.